The van der Waals surface area contributed by atoms with E-state index in [-0.39, 0.29) is 29.4 Å². The van der Waals surface area contributed by atoms with Gasteiger partial charge in [-0.05, 0) is 25.8 Å². The zero-order chi connectivity index (χ0) is 19.1. The number of ether oxygens (including phenoxy) is 1. The summed E-state index contributed by atoms with van der Waals surface area (Å²) in [6.07, 6.45) is 1.06. The number of likely N-dealkylation sites (N-methyl/N-ethyl adjacent to an activating group) is 1. The second kappa shape index (κ2) is 9.73. The van der Waals surface area contributed by atoms with Crippen LogP contribution in [0.2, 0.25) is 5.02 Å². The summed E-state index contributed by atoms with van der Waals surface area (Å²) >= 11 is 5.83. The second-order valence-electron chi connectivity index (χ2n) is 6.23. The molecule has 0 radical (unpaired) electrons. The van der Waals surface area contributed by atoms with E-state index in [0.29, 0.717) is 18.7 Å². The largest absolute Gasteiger partial charge is 0.439 e. The molecule has 1 aliphatic rings. The highest BCUT2D eigenvalue weighted by Gasteiger charge is 2.28. The van der Waals surface area contributed by atoms with Crippen LogP contribution in [-0.4, -0.2) is 61.1 Å². The third kappa shape index (κ3) is 5.32. The molecule has 2 amide bonds. The molecule has 1 aromatic rings. The average Bonchev–Trinajstić information content (AvgIpc) is 2.65. The van der Waals surface area contributed by atoms with Crippen LogP contribution in [0.25, 0.3) is 0 Å². The number of hydrogen-bond donors (Lipinski definition) is 1. The standard InChI is InChI=1S/C18H25ClFN3O3/c1-3-23(18(25)26-12-16(24)21-2)14-7-9-22(10-8-14)11-13-5-4-6-15(19)17(13)20/h4-6,14H,3,7-12H2,1-2H3,(H,21,24). The molecule has 1 aromatic carbocycles. The quantitative estimate of drug-likeness (QED) is 0.817. The van der Waals surface area contributed by atoms with Crippen molar-refractivity contribution in [2.24, 2.45) is 0 Å². The summed E-state index contributed by atoms with van der Waals surface area (Å²) in [7, 11) is 1.49. The van der Waals surface area contributed by atoms with Crippen LogP contribution in [0.4, 0.5) is 9.18 Å². The third-order valence-corrected chi connectivity index (χ3v) is 4.90. The third-order valence-electron chi connectivity index (χ3n) is 4.60. The molecular weight excluding hydrogens is 361 g/mol. The zero-order valence-corrected chi connectivity index (χ0v) is 15.9. The second-order valence-corrected chi connectivity index (χ2v) is 6.64. The van der Waals surface area contributed by atoms with Crippen molar-refractivity contribution in [2.75, 3.05) is 33.3 Å². The van der Waals surface area contributed by atoms with E-state index in [1.165, 1.54) is 13.1 Å². The lowest BCUT2D eigenvalue weighted by molar-refractivity contribution is -0.123. The van der Waals surface area contributed by atoms with Gasteiger partial charge in [0.15, 0.2) is 6.61 Å². The minimum Gasteiger partial charge on any atom is -0.439 e. The monoisotopic (exact) mass is 385 g/mol. The van der Waals surface area contributed by atoms with Gasteiger partial charge in [0.1, 0.15) is 5.82 Å². The predicted octanol–water partition coefficient (Wildman–Crippen LogP) is 2.65. The van der Waals surface area contributed by atoms with Gasteiger partial charge >= 0.3 is 6.09 Å². The molecule has 0 spiro atoms. The van der Waals surface area contributed by atoms with E-state index in [1.54, 1.807) is 17.0 Å². The van der Waals surface area contributed by atoms with E-state index >= 15 is 0 Å². The van der Waals surface area contributed by atoms with Crippen LogP contribution in [0.5, 0.6) is 0 Å². The molecule has 1 heterocycles. The molecule has 2 rings (SSSR count). The molecule has 0 unspecified atom stereocenters. The number of halogens is 2. The van der Waals surface area contributed by atoms with Gasteiger partial charge in [0.2, 0.25) is 0 Å². The predicted molar refractivity (Wildman–Crippen MR) is 97.5 cm³/mol. The van der Waals surface area contributed by atoms with Crippen molar-refractivity contribution in [3.05, 3.63) is 34.6 Å². The number of amides is 2. The molecular formula is C18H25ClFN3O3. The first kappa shape index (κ1) is 20.5. The van der Waals surface area contributed by atoms with Crippen molar-refractivity contribution in [2.45, 2.75) is 32.4 Å². The van der Waals surface area contributed by atoms with Gasteiger partial charge in [-0.15, -0.1) is 0 Å². The smallest absolute Gasteiger partial charge is 0.410 e. The molecule has 0 aliphatic carbocycles. The zero-order valence-electron chi connectivity index (χ0n) is 15.1. The summed E-state index contributed by atoms with van der Waals surface area (Å²) < 4.78 is 19.1. The van der Waals surface area contributed by atoms with Gasteiger partial charge in [0.25, 0.3) is 5.91 Å². The topological polar surface area (TPSA) is 61.9 Å². The fourth-order valence-corrected chi connectivity index (χ4v) is 3.31. The molecule has 6 nitrogen and oxygen atoms in total. The number of carbonyl (C=O) groups excluding carboxylic acids is 2. The Hall–Kier alpha value is -1.86. The van der Waals surface area contributed by atoms with Gasteiger partial charge in [0, 0.05) is 44.8 Å². The Kier molecular flexibility index (Phi) is 7.66. The first-order valence-corrected chi connectivity index (χ1v) is 9.13. The van der Waals surface area contributed by atoms with Crippen LogP contribution >= 0.6 is 11.6 Å². The molecule has 0 atom stereocenters. The van der Waals surface area contributed by atoms with Crippen molar-refractivity contribution in [1.82, 2.24) is 15.1 Å². The molecule has 1 N–H and O–H groups in total. The molecule has 1 fully saturated rings. The molecule has 8 heteroatoms. The van der Waals surface area contributed by atoms with Crippen LogP contribution in [0.1, 0.15) is 25.3 Å². The lowest BCUT2D eigenvalue weighted by Crippen LogP contribution is -2.47. The highest BCUT2D eigenvalue weighted by molar-refractivity contribution is 6.30. The molecule has 144 valence electrons. The van der Waals surface area contributed by atoms with Crippen LogP contribution in [0.3, 0.4) is 0 Å². The van der Waals surface area contributed by atoms with Crippen molar-refractivity contribution in [3.8, 4) is 0 Å². The fourth-order valence-electron chi connectivity index (χ4n) is 3.12. The Morgan fingerprint density at radius 2 is 2.08 bits per heavy atom. The maximum Gasteiger partial charge on any atom is 0.410 e. The number of nitrogens with zero attached hydrogens (tertiary/aromatic N) is 2. The van der Waals surface area contributed by atoms with E-state index in [0.717, 1.165) is 25.9 Å². The van der Waals surface area contributed by atoms with Crippen LogP contribution in [0.15, 0.2) is 18.2 Å². The van der Waals surface area contributed by atoms with Gasteiger partial charge in [-0.3, -0.25) is 9.69 Å². The Morgan fingerprint density at radius 1 is 1.38 bits per heavy atom. The SMILES string of the molecule is CCN(C(=O)OCC(=O)NC)C1CCN(Cc2cccc(Cl)c2F)CC1. The molecule has 0 bridgehead atoms. The number of nitrogens with one attached hydrogen (secondary N) is 1. The number of rotatable bonds is 6. The van der Waals surface area contributed by atoms with Gasteiger partial charge in [0.05, 0.1) is 5.02 Å². The number of piperidine rings is 1. The number of benzene rings is 1. The van der Waals surface area contributed by atoms with Crippen molar-refractivity contribution < 1.29 is 18.7 Å². The summed E-state index contributed by atoms with van der Waals surface area (Å²) in [6, 6.07) is 5.07. The average molecular weight is 386 g/mol. The van der Waals surface area contributed by atoms with Crippen molar-refractivity contribution in [1.29, 1.82) is 0 Å². The summed E-state index contributed by atoms with van der Waals surface area (Å²) in [5.41, 5.74) is 0.577. The van der Waals surface area contributed by atoms with Crippen LogP contribution in [-0.2, 0) is 16.1 Å². The highest BCUT2D eigenvalue weighted by Crippen LogP contribution is 2.22. The summed E-state index contributed by atoms with van der Waals surface area (Å²) in [4.78, 5) is 27.2. The summed E-state index contributed by atoms with van der Waals surface area (Å²) in [5.74, 6) is -0.711. The van der Waals surface area contributed by atoms with E-state index in [9.17, 15) is 14.0 Å². The molecule has 1 aliphatic heterocycles. The fraction of sp³-hybridized carbons (Fsp3) is 0.556. The Balaban J connectivity index is 1.86. The molecule has 0 aromatic heterocycles. The molecule has 26 heavy (non-hydrogen) atoms. The van der Waals surface area contributed by atoms with E-state index in [4.69, 9.17) is 16.3 Å². The normalized spacial score (nSPS) is 15.5. The first-order valence-electron chi connectivity index (χ1n) is 8.75. The van der Waals surface area contributed by atoms with E-state index < -0.39 is 6.09 Å². The van der Waals surface area contributed by atoms with Gasteiger partial charge in [-0.2, -0.15) is 0 Å². The lowest BCUT2D eigenvalue weighted by atomic mass is 10.0. The molecule has 0 saturated carbocycles. The van der Waals surface area contributed by atoms with Crippen molar-refractivity contribution >= 4 is 23.6 Å². The van der Waals surface area contributed by atoms with Gasteiger partial charge in [-0.1, -0.05) is 23.7 Å². The van der Waals surface area contributed by atoms with Gasteiger partial charge < -0.3 is 15.0 Å². The van der Waals surface area contributed by atoms with E-state index in [1.807, 2.05) is 6.92 Å². The molecule has 1 saturated heterocycles. The van der Waals surface area contributed by atoms with Crippen LogP contribution < -0.4 is 5.32 Å². The minimum absolute atomic E-state index is 0.0534. The number of carbonyl (C=O) groups is 2. The minimum atomic E-state index is -0.476. The number of hydrogen-bond acceptors (Lipinski definition) is 4. The maximum absolute atomic E-state index is 14.0. The first-order chi connectivity index (χ1) is 12.5. The van der Waals surface area contributed by atoms with Crippen LogP contribution in [0, 0.1) is 5.82 Å². The Labute approximate surface area is 158 Å². The number of likely N-dealkylation sites (tertiary alicyclic amines) is 1. The summed E-state index contributed by atoms with van der Waals surface area (Å²) in [6.45, 7) is 4.10. The van der Waals surface area contributed by atoms with Gasteiger partial charge in [-0.25, -0.2) is 9.18 Å². The highest BCUT2D eigenvalue weighted by atomic mass is 35.5. The lowest BCUT2D eigenvalue weighted by Gasteiger charge is -2.37. The Bertz CT molecular complexity index is 636. The maximum atomic E-state index is 14.0. The van der Waals surface area contributed by atoms with E-state index in [2.05, 4.69) is 10.2 Å². The summed E-state index contributed by atoms with van der Waals surface area (Å²) in [5, 5.41) is 2.55. The Morgan fingerprint density at radius 3 is 2.69 bits per heavy atom. The van der Waals surface area contributed by atoms with Crippen molar-refractivity contribution in [3.63, 3.8) is 0 Å².